The fourth-order valence-electron chi connectivity index (χ4n) is 2.66. The van der Waals surface area contributed by atoms with Crippen LogP contribution in [-0.2, 0) is 0 Å². The quantitative estimate of drug-likeness (QED) is 0.410. The van der Waals surface area contributed by atoms with Crippen LogP contribution in [0.1, 0.15) is 15.9 Å². The maximum Gasteiger partial charge on any atom is 0.335 e. The average molecular weight is 410 g/mol. The maximum atomic E-state index is 12.4. The summed E-state index contributed by atoms with van der Waals surface area (Å²) >= 11 is 0. The van der Waals surface area contributed by atoms with Gasteiger partial charge >= 0.3 is 5.69 Å². The molecule has 0 aliphatic rings. The minimum absolute atomic E-state index is 0.138. The third-order valence-electron chi connectivity index (χ3n) is 4.14. The number of amides is 1. The SMILES string of the molecule is COc1ccc(OC)c(-n2c(O)c(C=NNC(=O)c3ccccc3)c(=O)[nH]c2=O)c1. The number of H-pyrrole nitrogens is 1. The molecule has 0 fully saturated rings. The normalized spacial score (nSPS) is 10.7. The Morgan fingerprint density at radius 2 is 1.87 bits per heavy atom. The molecule has 0 bridgehead atoms. The summed E-state index contributed by atoms with van der Waals surface area (Å²) in [7, 11) is 2.83. The number of benzene rings is 2. The Labute approximate surface area is 170 Å². The summed E-state index contributed by atoms with van der Waals surface area (Å²) in [6, 6.07) is 12.9. The zero-order valence-electron chi connectivity index (χ0n) is 16.1. The number of ether oxygens (including phenoxy) is 2. The molecule has 0 radical (unpaired) electrons. The minimum Gasteiger partial charge on any atom is -0.497 e. The molecule has 3 aromatic rings. The summed E-state index contributed by atoms with van der Waals surface area (Å²) in [5.41, 5.74) is 0.634. The van der Waals surface area contributed by atoms with Gasteiger partial charge in [-0.05, 0) is 24.3 Å². The fraction of sp³-hybridized carbons (Fsp3) is 0.100. The summed E-state index contributed by atoms with van der Waals surface area (Å²) < 4.78 is 11.2. The second kappa shape index (κ2) is 8.78. The van der Waals surface area contributed by atoms with E-state index in [9.17, 15) is 19.5 Å². The van der Waals surface area contributed by atoms with E-state index in [-0.39, 0.29) is 17.0 Å². The van der Waals surface area contributed by atoms with E-state index in [4.69, 9.17) is 9.47 Å². The van der Waals surface area contributed by atoms with E-state index in [1.165, 1.54) is 20.3 Å². The molecule has 0 saturated carbocycles. The largest absolute Gasteiger partial charge is 0.497 e. The maximum absolute atomic E-state index is 12.4. The molecule has 154 valence electrons. The first kappa shape index (κ1) is 20.4. The summed E-state index contributed by atoms with van der Waals surface area (Å²) in [5, 5.41) is 14.3. The molecule has 0 spiro atoms. The van der Waals surface area contributed by atoms with Gasteiger partial charge in [0.05, 0.1) is 26.1 Å². The van der Waals surface area contributed by atoms with Crippen molar-refractivity contribution in [1.29, 1.82) is 0 Å². The Morgan fingerprint density at radius 3 is 2.53 bits per heavy atom. The van der Waals surface area contributed by atoms with Crippen LogP contribution in [0.2, 0.25) is 0 Å². The van der Waals surface area contributed by atoms with Crippen molar-refractivity contribution in [3.8, 4) is 23.1 Å². The van der Waals surface area contributed by atoms with Gasteiger partial charge in [0.15, 0.2) is 0 Å². The lowest BCUT2D eigenvalue weighted by molar-refractivity contribution is 0.0955. The number of hydrazone groups is 1. The van der Waals surface area contributed by atoms with Gasteiger partial charge in [0.1, 0.15) is 17.1 Å². The van der Waals surface area contributed by atoms with E-state index < -0.39 is 23.0 Å². The molecule has 0 aliphatic heterocycles. The molecule has 10 nitrogen and oxygen atoms in total. The topological polar surface area (TPSA) is 135 Å². The number of carbonyl (C=O) groups is 1. The number of hydrogen-bond acceptors (Lipinski definition) is 7. The molecular formula is C20H18N4O6. The summed E-state index contributed by atoms with van der Waals surface area (Å²) in [4.78, 5) is 38.7. The molecule has 30 heavy (non-hydrogen) atoms. The number of methoxy groups -OCH3 is 2. The van der Waals surface area contributed by atoms with Crippen LogP contribution in [0.15, 0.2) is 63.2 Å². The lowest BCUT2D eigenvalue weighted by Crippen LogP contribution is -2.32. The van der Waals surface area contributed by atoms with E-state index in [0.717, 1.165) is 10.8 Å². The zero-order chi connectivity index (χ0) is 21.7. The first-order chi connectivity index (χ1) is 14.5. The van der Waals surface area contributed by atoms with Crippen molar-refractivity contribution < 1.29 is 19.4 Å². The molecule has 1 amide bonds. The highest BCUT2D eigenvalue weighted by Crippen LogP contribution is 2.29. The summed E-state index contributed by atoms with van der Waals surface area (Å²) in [6.07, 6.45) is 0.942. The lowest BCUT2D eigenvalue weighted by Gasteiger charge is -2.14. The summed E-state index contributed by atoms with van der Waals surface area (Å²) in [5.74, 6) is -0.548. The second-order valence-electron chi connectivity index (χ2n) is 5.93. The highest BCUT2D eigenvalue weighted by Gasteiger charge is 2.18. The van der Waals surface area contributed by atoms with Crippen LogP contribution in [0.5, 0.6) is 17.4 Å². The van der Waals surface area contributed by atoms with Crippen LogP contribution in [0.3, 0.4) is 0 Å². The highest BCUT2D eigenvalue weighted by molar-refractivity contribution is 5.95. The van der Waals surface area contributed by atoms with Crippen LogP contribution in [0, 0.1) is 0 Å². The predicted octanol–water partition coefficient (Wildman–Crippen LogP) is 1.01. The third kappa shape index (κ3) is 4.07. The van der Waals surface area contributed by atoms with Gasteiger partial charge in [0.25, 0.3) is 11.5 Å². The first-order valence-electron chi connectivity index (χ1n) is 8.65. The molecule has 0 aliphatic carbocycles. The van der Waals surface area contributed by atoms with Crippen molar-refractivity contribution in [2.24, 2.45) is 5.10 Å². The van der Waals surface area contributed by atoms with Crippen LogP contribution >= 0.6 is 0 Å². The molecule has 3 rings (SSSR count). The monoisotopic (exact) mass is 410 g/mol. The van der Waals surface area contributed by atoms with Gasteiger partial charge in [-0.1, -0.05) is 18.2 Å². The smallest absolute Gasteiger partial charge is 0.335 e. The molecule has 1 heterocycles. The lowest BCUT2D eigenvalue weighted by atomic mass is 10.2. The molecule has 0 unspecified atom stereocenters. The summed E-state index contributed by atoms with van der Waals surface area (Å²) in [6.45, 7) is 0. The number of rotatable bonds is 6. The van der Waals surface area contributed by atoms with E-state index in [2.05, 4.69) is 15.5 Å². The van der Waals surface area contributed by atoms with Gasteiger partial charge in [0, 0.05) is 11.6 Å². The molecule has 3 N–H and O–H groups in total. The molecule has 0 atom stereocenters. The van der Waals surface area contributed by atoms with E-state index in [1.54, 1.807) is 42.5 Å². The Balaban J connectivity index is 2.02. The predicted molar refractivity (Wildman–Crippen MR) is 109 cm³/mol. The van der Waals surface area contributed by atoms with Crippen molar-refractivity contribution in [3.05, 3.63) is 80.5 Å². The van der Waals surface area contributed by atoms with Gasteiger partial charge < -0.3 is 14.6 Å². The molecule has 0 saturated heterocycles. The van der Waals surface area contributed by atoms with Crippen molar-refractivity contribution >= 4 is 12.1 Å². The molecular weight excluding hydrogens is 392 g/mol. The van der Waals surface area contributed by atoms with E-state index in [1.807, 2.05) is 0 Å². The number of carbonyl (C=O) groups excluding carboxylic acids is 1. The van der Waals surface area contributed by atoms with Crippen LogP contribution in [0.25, 0.3) is 5.69 Å². The fourth-order valence-corrected chi connectivity index (χ4v) is 2.66. The van der Waals surface area contributed by atoms with Crippen LogP contribution in [0.4, 0.5) is 0 Å². The number of hydrogen-bond donors (Lipinski definition) is 3. The van der Waals surface area contributed by atoms with Gasteiger partial charge in [-0.3, -0.25) is 14.6 Å². The van der Waals surface area contributed by atoms with E-state index >= 15 is 0 Å². The van der Waals surface area contributed by atoms with Gasteiger partial charge in [-0.2, -0.15) is 5.10 Å². The average Bonchev–Trinajstić information content (AvgIpc) is 2.76. The number of nitrogens with zero attached hydrogens (tertiary/aromatic N) is 2. The van der Waals surface area contributed by atoms with Gasteiger partial charge in [0.2, 0.25) is 5.88 Å². The van der Waals surface area contributed by atoms with Crippen LogP contribution < -0.4 is 26.1 Å². The number of aromatic nitrogens is 2. The number of aromatic amines is 1. The highest BCUT2D eigenvalue weighted by atomic mass is 16.5. The van der Waals surface area contributed by atoms with Gasteiger partial charge in [-0.25, -0.2) is 14.8 Å². The van der Waals surface area contributed by atoms with Gasteiger partial charge in [-0.15, -0.1) is 0 Å². The Kier molecular flexibility index (Phi) is 5.97. The molecule has 1 aromatic heterocycles. The van der Waals surface area contributed by atoms with Crippen LogP contribution in [-0.4, -0.2) is 41.0 Å². The van der Waals surface area contributed by atoms with Crippen molar-refractivity contribution in [2.75, 3.05) is 14.2 Å². The Morgan fingerprint density at radius 1 is 1.13 bits per heavy atom. The number of nitrogens with one attached hydrogen (secondary N) is 2. The minimum atomic E-state index is -0.894. The van der Waals surface area contributed by atoms with Crippen molar-refractivity contribution in [1.82, 2.24) is 15.0 Å². The number of aromatic hydroxyl groups is 1. The first-order valence-corrected chi connectivity index (χ1v) is 8.65. The Hall–Kier alpha value is -4.34. The standard InChI is InChI=1S/C20H18N4O6/c1-29-13-8-9-16(30-2)15(10-13)24-19(27)14(18(26)22-20(24)28)11-21-23-17(25)12-6-4-3-5-7-12/h3-11,27H,1-2H3,(H,23,25)(H,22,26,28). The zero-order valence-corrected chi connectivity index (χ0v) is 16.1. The Bertz CT molecular complexity index is 1210. The van der Waals surface area contributed by atoms with Crippen molar-refractivity contribution in [2.45, 2.75) is 0 Å². The van der Waals surface area contributed by atoms with Crippen molar-refractivity contribution in [3.63, 3.8) is 0 Å². The third-order valence-corrected chi connectivity index (χ3v) is 4.14. The molecule has 10 heteroatoms. The second-order valence-corrected chi connectivity index (χ2v) is 5.93. The van der Waals surface area contributed by atoms with E-state index in [0.29, 0.717) is 11.3 Å². The molecule has 2 aromatic carbocycles.